The third-order valence-corrected chi connectivity index (χ3v) is 4.59. The standard InChI is InChI=1S/C16H23N5O2/c1-16(2,3)14-11(6-7-22-14)15-19-18-13(23-15)9-21-8-12(17-20-21)10-4-5-10/h8,10-11,14H,4-7,9H2,1-3H3/t11-,14-/m0/s1. The van der Waals surface area contributed by atoms with Gasteiger partial charge >= 0.3 is 0 Å². The van der Waals surface area contributed by atoms with Crippen LogP contribution in [0.2, 0.25) is 0 Å². The molecule has 0 bridgehead atoms. The maximum atomic E-state index is 5.89. The van der Waals surface area contributed by atoms with Crippen molar-refractivity contribution in [1.29, 1.82) is 0 Å². The number of aromatic nitrogens is 5. The highest BCUT2D eigenvalue weighted by atomic mass is 16.5. The van der Waals surface area contributed by atoms with Gasteiger partial charge in [-0.1, -0.05) is 26.0 Å². The number of hydrogen-bond acceptors (Lipinski definition) is 6. The highest BCUT2D eigenvalue weighted by molar-refractivity contribution is 5.09. The molecule has 3 heterocycles. The van der Waals surface area contributed by atoms with Crippen LogP contribution in [-0.4, -0.2) is 37.9 Å². The van der Waals surface area contributed by atoms with E-state index in [9.17, 15) is 0 Å². The first-order valence-corrected chi connectivity index (χ1v) is 8.34. The van der Waals surface area contributed by atoms with Crippen molar-refractivity contribution in [3.63, 3.8) is 0 Å². The maximum Gasteiger partial charge on any atom is 0.238 e. The average Bonchev–Trinajstić information content (AvgIpc) is 2.95. The Morgan fingerprint density at radius 3 is 2.74 bits per heavy atom. The van der Waals surface area contributed by atoms with E-state index in [1.165, 1.54) is 12.8 Å². The molecule has 0 spiro atoms. The molecule has 4 rings (SSSR count). The van der Waals surface area contributed by atoms with Crippen LogP contribution in [0.4, 0.5) is 0 Å². The highest BCUT2D eigenvalue weighted by Crippen LogP contribution is 2.40. The van der Waals surface area contributed by atoms with Crippen molar-refractivity contribution in [2.45, 2.75) is 64.5 Å². The lowest BCUT2D eigenvalue weighted by Crippen LogP contribution is -2.30. The van der Waals surface area contributed by atoms with Crippen LogP contribution < -0.4 is 0 Å². The molecule has 1 saturated heterocycles. The third-order valence-electron chi connectivity index (χ3n) is 4.59. The second kappa shape index (κ2) is 5.40. The van der Waals surface area contributed by atoms with Gasteiger partial charge in [0.15, 0.2) is 0 Å². The summed E-state index contributed by atoms with van der Waals surface area (Å²) in [5, 5.41) is 16.8. The highest BCUT2D eigenvalue weighted by Gasteiger charge is 2.41. The lowest BCUT2D eigenvalue weighted by molar-refractivity contribution is 0.0170. The first-order chi connectivity index (χ1) is 11.0. The van der Waals surface area contributed by atoms with Crippen molar-refractivity contribution in [3.05, 3.63) is 23.7 Å². The Morgan fingerprint density at radius 1 is 1.17 bits per heavy atom. The van der Waals surface area contributed by atoms with Crippen LogP contribution in [0.3, 0.4) is 0 Å². The SMILES string of the molecule is CC(C)(C)[C@H]1OCC[C@@H]1c1nnc(Cn2cc(C3CC3)nn2)o1. The minimum Gasteiger partial charge on any atom is -0.423 e. The van der Waals surface area contributed by atoms with Crippen LogP contribution in [0.5, 0.6) is 0 Å². The van der Waals surface area contributed by atoms with Crippen molar-refractivity contribution < 1.29 is 9.15 Å². The molecular formula is C16H23N5O2. The Kier molecular flexibility index (Phi) is 3.48. The first kappa shape index (κ1) is 14.8. The quantitative estimate of drug-likeness (QED) is 0.862. The van der Waals surface area contributed by atoms with Crippen LogP contribution in [0, 0.1) is 5.41 Å². The molecule has 1 aliphatic carbocycles. The Hall–Kier alpha value is -1.76. The molecule has 7 heteroatoms. The molecule has 7 nitrogen and oxygen atoms in total. The monoisotopic (exact) mass is 317 g/mol. The van der Waals surface area contributed by atoms with Gasteiger partial charge < -0.3 is 9.15 Å². The lowest BCUT2D eigenvalue weighted by Gasteiger charge is -2.29. The summed E-state index contributed by atoms with van der Waals surface area (Å²) >= 11 is 0. The van der Waals surface area contributed by atoms with Crippen LogP contribution in [0.25, 0.3) is 0 Å². The van der Waals surface area contributed by atoms with E-state index in [2.05, 4.69) is 41.3 Å². The molecule has 2 atom stereocenters. The molecule has 0 unspecified atom stereocenters. The molecular weight excluding hydrogens is 294 g/mol. The van der Waals surface area contributed by atoms with Crippen molar-refractivity contribution in [2.24, 2.45) is 5.41 Å². The zero-order chi connectivity index (χ0) is 16.0. The second-order valence-corrected chi connectivity index (χ2v) is 7.70. The van der Waals surface area contributed by atoms with Gasteiger partial charge in [0, 0.05) is 18.7 Å². The maximum absolute atomic E-state index is 5.89. The predicted octanol–water partition coefficient (Wildman–Crippen LogP) is 2.51. The van der Waals surface area contributed by atoms with Gasteiger partial charge in [0.25, 0.3) is 0 Å². The molecule has 1 aliphatic heterocycles. The summed E-state index contributed by atoms with van der Waals surface area (Å²) in [7, 11) is 0. The summed E-state index contributed by atoms with van der Waals surface area (Å²) in [6, 6.07) is 0. The Labute approximate surface area is 135 Å². The Morgan fingerprint density at radius 2 is 2.00 bits per heavy atom. The van der Waals surface area contributed by atoms with Crippen LogP contribution in [-0.2, 0) is 11.3 Å². The van der Waals surface area contributed by atoms with Gasteiger partial charge in [-0.3, -0.25) is 0 Å². The van der Waals surface area contributed by atoms with Gasteiger partial charge in [-0.15, -0.1) is 15.3 Å². The fourth-order valence-electron chi connectivity index (χ4n) is 3.27. The third kappa shape index (κ3) is 3.02. The van der Waals surface area contributed by atoms with Gasteiger partial charge in [-0.2, -0.15) is 0 Å². The fraction of sp³-hybridized carbons (Fsp3) is 0.750. The molecule has 0 N–H and O–H groups in total. The first-order valence-electron chi connectivity index (χ1n) is 8.34. The number of hydrogen-bond donors (Lipinski definition) is 0. The Balaban J connectivity index is 1.47. The molecule has 23 heavy (non-hydrogen) atoms. The van der Waals surface area contributed by atoms with E-state index >= 15 is 0 Å². The predicted molar refractivity (Wildman–Crippen MR) is 82.0 cm³/mol. The minimum atomic E-state index is 0.0564. The number of ether oxygens (including phenoxy) is 1. The van der Waals surface area contributed by atoms with Gasteiger partial charge in [-0.25, -0.2) is 4.68 Å². The number of rotatable bonds is 4. The smallest absolute Gasteiger partial charge is 0.238 e. The van der Waals surface area contributed by atoms with E-state index < -0.39 is 0 Å². The summed E-state index contributed by atoms with van der Waals surface area (Å²) in [5.41, 5.74) is 1.13. The molecule has 2 aromatic rings. The molecule has 0 radical (unpaired) electrons. The van der Waals surface area contributed by atoms with E-state index in [4.69, 9.17) is 9.15 Å². The average molecular weight is 317 g/mol. The molecule has 124 valence electrons. The van der Waals surface area contributed by atoms with E-state index in [0.29, 0.717) is 24.2 Å². The summed E-state index contributed by atoms with van der Waals surface area (Å²) in [6.45, 7) is 7.77. The zero-order valence-electron chi connectivity index (χ0n) is 13.9. The normalized spacial score (nSPS) is 25.2. The Bertz CT molecular complexity index is 683. The second-order valence-electron chi connectivity index (χ2n) is 7.70. The van der Waals surface area contributed by atoms with Crippen molar-refractivity contribution in [3.8, 4) is 0 Å². The topological polar surface area (TPSA) is 78.9 Å². The largest absolute Gasteiger partial charge is 0.423 e. The molecule has 0 aromatic carbocycles. The van der Waals surface area contributed by atoms with Gasteiger partial charge in [0.1, 0.15) is 6.54 Å². The van der Waals surface area contributed by atoms with Crippen LogP contribution >= 0.6 is 0 Å². The van der Waals surface area contributed by atoms with E-state index in [0.717, 1.165) is 18.7 Å². The van der Waals surface area contributed by atoms with Crippen molar-refractivity contribution >= 4 is 0 Å². The summed E-state index contributed by atoms with van der Waals surface area (Å²) in [4.78, 5) is 0. The van der Waals surface area contributed by atoms with E-state index in [1.807, 2.05) is 6.20 Å². The van der Waals surface area contributed by atoms with Gasteiger partial charge in [0.2, 0.25) is 11.8 Å². The van der Waals surface area contributed by atoms with Crippen molar-refractivity contribution in [2.75, 3.05) is 6.61 Å². The van der Waals surface area contributed by atoms with E-state index in [-0.39, 0.29) is 17.4 Å². The summed E-state index contributed by atoms with van der Waals surface area (Å²) in [6.07, 6.45) is 5.47. The molecule has 1 saturated carbocycles. The van der Waals surface area contributed by atoms with Crippen LogP contribution in [0.1, 0.15) is 69.3 Å². The molecule has 2 aromatic heterocycles. The van der Waals surface area contributed by atoms with Crippen LogP contribution in [0.15, 0.2) is 10.6 Å². The fourth-order valence-corrected chi connectivity index (χ4v) is 3.27. The minimum absolute atomic E-state index is 0.0564. The van der Waals surface area contributed by atoms with Crippen molar-refractivity contribution in [1.82, 2.24) is 25.2 Å². The molecule has 2 aliphatic rings. The lowest BCUT2D eigenvalue weighted by atomic mass is 9.81. The summed E-state index contributed by atoms with van der Waals surface area (Å²) in [5.74, 6) is 2.03. The summed E-state index contributed by atoms with van der Waals surface area (Å²) < 4.78 is 13.6. The van der Waals surface area contributed by atoms with Gasteiger partial charge in [0.05, 0.1) is 17.7 Å². The zero-order valence-corrected chi connectivity index (χ0v) is 13.9. The molecule has 0 amide bonds. The van der Waals surface area contributed by atoms with Gasteiger partial charge in [-0.05, 0) is 24.7 Å². The molecule has 2 fully saturated rings. The van der Waals surface area contributed by atoms with E-state index in [1.54, 1.807) is 4.68 Å². The number of nitrogens with zero attached hydrogens (tertiary/aromatic N) is 5.